The Bertz CT molecular complexity index is 650. The van der Waals surface area contributed by atoms with Crippen molar-refractivity contribution in [3.8, 4) is 0 Å². The van der Waals surface area contributed by atoms with Crippen LogP contribution in [0.1, 0.15) is 18.4 Å². The highest BCUT2D eigenvalue weighted by Crippen LogP contribution is 2.67. The number of fused-ring (bicyclic) bond motifs is 1. The number of alkyl halides is 1. The van der Waals surface area contributed by atoms with Gasteiger partial charge >= 0.3 is 5.97 Å². The summed E-state index contributed by atoms with van der Waals surface area (Å²) < 4.78 is 19.9. The number of ether oxygens (including phenoxy) is 1. The van der Waals surface area contributed by atoms with Gasteiger partial charge in [0.25, 0.3) is 0 Å². The van der Waals surface area contributed by atoms with Crippen LogP contribution in [0.3, 0.4) is 0 Å². The third kappa shape index (κ3) is 1.84. The number of rotatable bonds is 4. The highest BCUT2D eigenvalue weighted by atomic mass is 35.5. The first-order chi connectivity index (χ1) is 9.84. The van der Waals surface area contributed by atoms with Crippen LogP contribution in [0.25, 0.3) is 0 Å². The summed E-state index contributed by atoms with van der Waals surface area (Å²) in [7, 11) is 0. The van der Waals surface area contributed by atoms with Gasteiger partial charge in [0.05, 0.1) is 16.7 Å². The molecule has 0 aromatic heterocycles. The van der Waals surface area contributed by atoms with Gasteiger partial charge in [-0.25, -0.2) is 9.18 Å². The van der Waals surface area contributed by atoms with Gasteiger partial charge in [0, 0.05) is 12.3 Å². The van der Waals surface area contributed by atoms with E-state index in [2.05, 4.69) is 0 Å². The predicted molar refractivity (Wildman–Crippen MR) is 73.2 cm³/mol. The molecule has 1 N–H and O–H groups in total. The quantitative estimate of drug-likeness (QED) is 0.920. The Balaban J connectivity index is 1.82. The van der Waals surface area contributed by atoms with Crippen LogP contribution >= 0.6 is 23.2 Å². The number of benzene rings is 1. The van der Waals surface area contributed by atoms with E-state index in [1.807, 2.05) is 0 Å². The van der Waals surface area contributed by atoms with Gasteiger partial charge in [-0.3, -0.25) is 4.79 Å². The first kappa shape index (κ1) is 14.8. The fraction of sp³-hybridized carbons (Fsp3) is 0.429. The van der Waals surface area contributed by atoms with Crippen LogP contribution in [-0.4, -0.2) is 28.1 Å². The topological polar surface area (TPSA) is 63.6 Å². The average molecular weight is 333 g/mol. The molecule has 0 heterocycles. The summed E-state index contributed by atoms with van der Waals surface area (Å²) in [6.45, 7) is -0.0991. The van der Waals surface area contributed by atoms with E-state index in [1.54, 1.807) is 12.1 Å². The summed E-state index contributed by atoms with van der Waals surface area (Å²) in [5.74, 6) is -3.04. The maximum absolute atomic E-state index is 14.5. The van der Waals surface area contributed by atoms with Crippen molar-refractivity contribution >= 4 is 35.0 Å². The van der Waals surface area contributed by atoms with Crippen molar-refractivity contribution in [2.75, 3.05) is 0 Å². The number of Topliss-reactive ketones (excluding diaryl/α,β-unsaturated/α-hetero) is 1. The van der Waals surface area contributed by atoms with Gasteiger partial charge in [-0.05, 0) is 24.1 Å². The molecule has 0 amide bonds. The molecule has 4 nitrogen and oxygen atoms in total. The monoisotopic (exact) mass is 332 g/mol. The van der Waals surface area contributed by atoms with Crippen LogP contribution < -0.4 is 0 Å². The van der Waals surface area contributed by atoms with E-state index in [9.17, 15) is 14.0 Å². The molecule has 0 spiro atoms. The first-order valence-corrected chi connectivity index (χ1v) is 7.13. The Hall–Kier alpha value is -1.17. The largest absolute Gasteiger partial charge is 0.479 e. The Morgan fingerprint density at radius 2 is 2.14 bits per heavy atom. The van der Waals surface area contributed by atoms with Gasteiger partial charge in [0.15, 0.2) is 11.4 Å². The Kier molecular flexibility index (Phi) is 3.28. The molecule has 2 fully saturated rings. The number of carboxylic acid groups (broad SMARTS) is 1. The molecule has 1 aromatic carbocycles. The second kappa shape index (κ2) is 4.66. The van der Waals surface area contributed by atoms with Gasteiger partial charge < -0.3 is 9.84 Å². The highest BCUT2D eigenvalue weighted by molar-refractivity contribution is 6.42. The van der Waals surface area contributed by atoms with Gasteiger partial charge in [-0.2, -0.15) is 0 Å². The molecule has 112 valence electrons. The molecule has 0 bridgehead atoms. The van der Waals surface area contributed by atoms with E-state index in [-0.39, 0.29) is 19.4 Å². The molecule has 3 atom stereocenters. The van der Waals surface area contributed by atoms with E-state index in [0.717, 1.165) is 0 Å². The van der Waals surface area contributed by atoms with Crippen LogP contribution in [0.5, 0.6) is 0 Å². The van der Waals surface area contributed by atoms with Gasteiger partial charge in [0.2, 0.25) is 5.67 Å². The number of carbonyl (C=O) groups is 2. The number of halogens is 3. The van der Waals surface area contributed by atoms with Crippen molar-refractivity contribution < 1.29 is 23.8 Å². The second-order valence-corrected chi connectivity index (χ2v) is 6.12. The highest BCUT2D eigenvalue weighted by Gasteiger charge is 2.90. The SMILES string of the molecule is O=C(O)C1(F)C2CCC(=O)C21OCc1ccc(Cl)c(Cl)c1. The maximum atomic E-state index is 14.5. The van der Waals surface area contributed by atoms with Crippen LogP contribution in [0.15, 0.2) is 18.2 Å². The minimum atomic E-state index is -2.61. The molecular weight excluding hydrogens is 322 g/mol. The summed E-state index contributed by atoms with van der Waals surface area (Å²) >= 11 is 11.7. The molecule has 2 aliphatic rings. The summed E-state index contributed by atoms with van der Waals surface area (Å²) in [4.78, 5) is 23.0. The lowest BCUT2D eigenvalue weighted by Crippen LogP contribution is -2.38. The molecule has 2 saturated carbocycles. The van der Waals surface area contributed by atoms with Crippen molar-refractivity contribution in [1.29, 1.82) is 0 Å². The fourth-order valence-corrected chi connectivity index (χ4v) is 3.49. The fourth-order valence-electron chi connectivity index (χ4n) is 3.17. The van der Waals surface area contributed by atoms with Crippen molar-refractivity contribution in [3.05, 3.63) is 33.8 Å². The molecule has 7 heteroatoms. The lowest BCUT2D eigenvalue weighted by atomic mass is 10.1. The molecule has 3 unspecified atom stereocenters. The van der Waals surface area contributed by atoms with Crippen molar-refractivity contribution in [2.45, 2.75) is 30.7 Å². The Labute approximate surface area is 129 Å². The van der Waals surface area contributed by atoms with E-state index >= 15 is 0 Å². The molecular formula is C14H11Cl2FO4. The number of ketones is 1. The summed E-state index contributed by atoms with van der Waals surface area (Å²) in [6.07, 6.45) is 0.341. The molecule has 0 aliphatic heterocycles. The van der Waals surface area contributed by atoms with Gasteiger partial charge in [-0.15, -0.1) is 0 Å². The van der Waals surface area contributed by atoms with Crippen LogP contribution in [0, 0.1) is 5.92 Å². The van der Waals surface area contributed by atoms with Crippen LogP contribution in [0.2, 0.25) is 10.0 Å². The average Bonchev–Trinajstić information content (AvgIpc) is 2.79. The number of carboxylic acids is 1. The Morgan fingerprint density at radius 3 is 2.71 bits per heavy atom. The molecule has 21 heavy (non-hydrogen) atoms. The molecule has 0 saturated heterocycles. The third-order valence-corrected chi connectivity index (χ3v) is 5.00. The zero-order valence-corrected chi connectivity index (χ0v) is 12.2. The maximum Gasteiger partial charge on any atom is 0.345 e. The normalized spacial score (nSPS) is 33.9. The number of hydrogen-bond donors (Lipinski definition) is 1. The summed E-state index contributed by atoms with van der Waals surface area (Å²) in [6, 6.07) is 4.72. The lowest BCUT2D eigenvalue weighted by Gasteiger charge is -2.16. The predicted octanol–water partition coefficient (Wildman–Crippen LogP) is 3.03. The van der Waals surface area contributed by atoms with Crippen molar-refractivity contribution in [3.63, 3.8) is 0 Å². The standard InChI is InChI=1S/C14H11Cl2FO4/c15-8-2-1-7(5-9(8)16)6-21-14-10(3-4-11(14)18)13(14,17)12(19)20/h1-2,5,10H,3-4,6H2,(H,19,20). The van der Waals surface area contributed by atoms with E-state index in [4.69, 9.17) is 33.0 Å². The van der Waals surface area contributed by atoms with E-state index in [0.29, 0.717) is 15.6 Å². The van der Waals surface area contributed by atoms with Crippen molar-refractivity contribution in [1.82, 2.24) is 0 Å². The van der Waals surface area contributed by atoms with E-state index < -0.39 is 28.9 Å². The van der Waals surface area contributed by atoms with Gasteiger partial charge in [0.1, 0.15) is 0 Å². The second-order valence-electron chi connectivity index (χ2n) is 5.30. The number of aliphatic carboxylic acids is 1. The number of carbonyl (C=O) groups excluding carboxylic acids is 1. The van der Waals surface area contributed by atoms with Crippen LogP contribution in [-0.2, 0) is 20.9 Å². The van der Waals surface area contributed by atoms with Crippen LogP contribution in [0.4, 0.5) is 4.39 Å². The summed E-state index contributed by atoms with van der Waals surface area (Å²) in [5, 5.41) is 9.71. The van der Waals surface area contributed by atoms with Gasteiger partial charge in [-0.1, -0.05) is 29.3 Å². The smallest absolute Gasteiger partial charge is 0.345 e. The lowest BCUT2D eigenvalue weighted by molar-refractivity contribution is -0.156. The minimum Gasteiger partial charge on any atom is -0.479 e. The zero-order valence-electron chi connectivity index (χ0n) is 10.7. The van der Waals surface area contributed by atoms with E-state index in [1.165, 1.54) is 6.07 Å². The molecule has 2 aliphatic carbocycles. The zero-order chi connectivity index (χ0) is 15.4. The molecule has 0 radical (unpaired) electrons. The van der Waals surface area contributed by atoms with Crippen molar-refractivity contribution in [2.24, 2.45) is 5.92 Å². The third-order valence-electron chi connectivity index (χ3n) is 4.26. The molecule has 3 rings (SSSR count). The Morgan fingerprint density at radius 1 is 1.43 bits per heavy atom. The number of hydrogen-bond acceptors (Lipinski definition) is 3. The first-order valence-electron chi connectivity index (χ1n) is 6.37. The summed E-state index contributed by atoms with van der Waals surface area (Å²) in [5.41, 5.74) is -3.86. The minimum absolute atomic E-state index is 0.0991. The molecule has 1 aromatic rings.